The fraction of sp³-hybridized carbons (Fsp3) is 0.750. The third kappa shape index (κ3) is 11.2. The van der Waals surface area contributed by atoms with E-state index in [0.29, 0.717) is 0 Å². The highest BCUT2D eigenvalue weighted by molar-refractivity contribution is 6.83. The summed E-state index contributed by atoms with van der Waals surface area (Å²) in [6, 6.07) is 0. The molecule has 0 saturated heterocycles. The zero-order chi connectivity index (χ0) is 11.9. The molecule has 0 aromatic carbocycles. The molecule has 0 fully saturated rings. The van der Waals surface area contributed by atoms with Crippen molar-refractivity contribution in [2.24, 2.45) is 0 Å². The highest BCUT2D eigenvalue weighted by atomic mass is 28.3. The summed E-state index contributed by atoms with van der Waals surface area (Å²) in [6.07, 6.45) is 2.85. The second kappa shape index (κ2) is 6.68. The smallest absolute Gasteiger partial charge is 0.302 e. The van der Waals surface area contributed by atoms with E-state index in [9.17, 15) is 4.79 Å². The molecule has 0 heterocycles. The average molecular weight is 226 g/mol. The fourth-order valence-corrected chi connectivity index (χ4v) is 1.80. The number of esters is 1. The molecule has 0 aliphatic carbocycles. The largest absolute Gasteiger partial charge is 0.463 e. The molecule has 0 spiro atoms. The highest BCUT2D eigenvalue weighted by Crippen LogP contribution is 2.04. The van der Waals surface area contributed by atoms with Crippen LogP contribution in [0.4, 0.5) is 0 Å². The van der Waals surface area contributed by atoms with Crippen molar-refractivity contribution in [3.05, 3.63) is 0 Å². The van der Waals surface area contributed by atoms with E-state index in [4.69, 9.17) is 4.74 Å². The fourth-order valence-electron chi connectivity index (χ4n) is 1.15. The Hall–Kier alpha value is -0.753. The van der Waals surface area contributed by atoms with Gasteiger partial charge in [-0.3, -0.25) is 4.79 Å². The Morgan fingerprint density at radius 2 is 2.00 bits per heavy atom. The third-order valence-electron chi connectivity index (χ3n) is 1.74. The summed E-state index contributed by atoms with van der Waals surface area (Å²) in [5.74, 6) is 3.01. The second-order valence-electron chi connectivity index (χ2n) is 4.86. The average Bonchev–Trinajstić information content (AvgIpc) is 1.99. The Kier molecular flexibility index (Phi) is 6.34. The minimum atomic E-state index is -1.21. The van der Waals surface area contributed by atoms with Gasteiger partial charge in [0.05, 0.1) is 6.10 Å². The van der Waals surface area contributed by atoms with Gasteiger partial charge in [-0.15, -0.1) is 11.5 Å². The first-order chi connectivity index (χ1) is 6.81. The van der Waals surface area contributed by atoms with E-state index in [0.717, 1.165) is 19.3 Å². The molecule has 0 aliphatic heterocycles. The van der Waals surface area contributed by atoms with Gasteiger partial charge in [0.2, 0.25) is 0 Å². The van der Waals surface area contributed by atoms with Gasteiger partial charge in [0, 0.05) is 13.3 Å². The van der Waals surface area contributed by atoms with Crippen LogP contribution in [0.2, 0.25) is 19.6 Å². The summed E-state index contributed by atoms with van der Waals surface area (Å²) in [5.41, 5.74) is 3.32. The Morgan fingerprint density at radius 3 is 2.47 bits per heavy atom. The summed E-state index contributed by atoms with van der Waals surface area (Å²) in [4.78, 5) is 10.6. The van der Waals surface area contributed by atoms with E-state index < -0.39 is 8.07 Å². The number of rotatable bonds is 4. The molecule has 0 aromatic rings. The Morgan fingerprint density at radius 1 is 1.40 bits per heavy atom. The van der Waals surface area contributed by atoms with E-state index in [1.54, 1.807) is 0 Å². The maximum Gasteiger partial charge on any atom is 0.302 e. The van der Waals surface area contributed by atoms with Crippen molar-refractivity contribution < 1.29 is 9.53 Å². The zero-order valence-electron chi connectivity index (χ0n) is 10.5. The first-order valence-electron chi connectivity index (χ1n) is 5.48. The lowest BCUT2D eigenvalue weighted by atomic mass is 10.2. The van der Waals surface area contributed by atoms with Crippen LogP contribution < -0.4 is 0 Å². The van der Waals surface area contributed by atoms with Crippen LogP contribution in [0.25, 0.3) is 0 Å². The second-order valence-corrected chi connectivity index (χ2v) is 9.61. The number of hydrogen-bond acceptors (Lipinski definition) is 2. The van der Waals surface area contributed by atoms with Crippen molar-refractivity contribution >= 4 is 14.0 Å². The first kappa shape index (κ1) is 14.2. The van der Waals surface area contributed by atoms with Gasteiger partial charge in [-0.2, -0.15) is 0 Å². The lowest BCUT2D eigenvalue weighted by molar-refractivity contribution is -0.145. The maximum atomic E-state index is 10.6. The van der Waals surface area contributed by atoms with Crippen LogP contribution in [0.5, 0.6) is 0 Å². The minimum absolute atomic E-state index is 0.0242. The monoisotopic (exact) mass is 226 g/mol. The van der Waals surface area contributed by atoms with Crippen LogP contribution in [0.15, 0.2) is 0 Å². The zero-order valence-corrected chi connectivity index (χ0v) is 11.5. The Bertz CT molecular complexity index is 255. The summed E-state index contributed by atoms with van der Waals surface area (Å²) < 4.78 is 5.02. The molecule has 0 aromatic heterocycles. The molecule has 2 nitrogen and oxygen atoms in total. The predicted molar refractivity (Wildman–Crippen MR) is 66.2 cm³/mol. The SMILES string of the molecule is CC(=O)O[C@H](C)CCCC#C[Si](C)(C)C. The van der Waals surface area contributed by atoms with E-state index in [-0.39, 0.29) is 12.1 Å². The van der Waals surface area contributed by atoms with Crippen molar-refractivity contribution in [3.8, 4) is 11.5 Å². The van der Waals surface area contributed by atoms with Gasteiger partial charge in [-0.1, -0.05) is 19.6 Å². The molecule has 3 heteroatoms. The van der Waals surface area contributed by atoms with Crippen LogP contribution in [-0.2, 0) is 9.53 Å². The molecule has 0 amide bonds. The van der Waals surface area contributed by atoms with Gasteiger partial charge in [0.1, 0.15) is 8.07 Å². The maximum absolute atomic E-state index is 10.6. The molecule has 0 saturated carbocycles. The van der Waals surface area contributed by atoms with Gasteiger partial charge >= 0.3 is 5.97 Å². The molecule has 0 unspecified atom stereocenters. The van der Waals surface area contributed by atoms with Crippen molar-refractivity contribution in [1.29, 1.82) is 0 Å². The van der Waals surface area contributed by atoms with Crippen LogP contribution in [-0.4, -0.2) is 20.1 Å². The number of ether oxygens (including phenoxy) is 1. The Labute approximate surface area is 94.4 Å². The van der Waals surface area contributed by atoms with Gasteiger partial charge < -0.3 is 4.74 Å². The van der Waals surface area contributed by atoms with Crippen molar-refractivity contribution in [1.82, 2.24) is 0 Å². The summed E-state index contributed by atoms with van der Waals surface area (Å²) in [7, 11) is -1.21. The molecule has 0 N–H and O–H groups in total. The molecule has 0 rings (SSSR count). The lowest BCUT2D eigenvalue weighted by Gasteiger charge is -2.10. The lowest BCUT2D eigenvalue weighted by Crippen LogP contribution is -2.16. The molecule has 0 aliphatic rings. The topological polar surface area (TPSA) is 26.3 Å². The van der Waals surface area contributed by atoms with E-state index in [1.807, 2.05) is 6.92 Å². The summed E-state index contributed by atoms with van der Waals surface area (Å²) >= 11 is 0. The Balaban J connectivity index is 3.61. The minimum Gasteiger partial charge on any atom is -0.463 e. The quantitative estimate of drug-likeness (QED) is 0.319. The molecular weight excluding hydrogens is 204 g/mol. The van der Waals surface area contributed by atoms with Crippen molar-refractivity contribution in [3.63, 3.8) is 0 Å². The van der Waals surface area contributed by atoms with Crippen LogP contribution in [0.1, 0.15) is 33.1 Å². The van der Waals surface area contributed by atoms with Crippen LogP contribution in [0.3, 0.4) is 0 Å². The highest BCUT2D eigenvalue weighted by Gasteiger charge is 2.07. The third-order valence-corrected chi connectivity index (χ3v) is 2.67. The van der Waals surface area contributed by atoms with E-state index >= 15 is 0 Å². The van der Waals surface area contributed by atoms with Crippen LogP contribution in [0, 0.1) is 11.5 Å². The molecule has 15 heavy (non-hydrogen) atoms. The van der Waals surface area contributed by atoms with Crippen molar-refractivity contribution in [2.75, 3.05) is 0 Å². The van der Waals surface area contributed by atoms with Crippen LogP contribution >= 0.6 is 0 Å². The van der Waals surface area contributed by atoms with E-state index in [2.05, 4.69) is 31.1 Å². The van der Waals surface area contributed by atoms with Gasteiger partial charge in [-0.05, 0) is 19.8 Å². The van der Waals surface area contributed by atoms with Crippen molar-refractivity contribution in [2.45, 2.75) is 58.9 Å². The van der Waals surface area contributed by atoms with Gasteiger partial charge in [0.25, 0.3) is 0 Å². The molecule has 0 radical (unpaired) electrons. The van der Waals surface area contributed by atoms with Gasteiger partial charge in [0.15, 0.2) is 0 Å². The first-order valence-corrected chi connectivity index (χ1v) is 8.98. The van der Waals surface area contributed by atoms with E-state index in [1.165, 1.54) is 6.92 Å². The molecule has 86 valence electrons. The number of carbonyl (C=O) groups is 1. The molecule has 1 atom stereocenters. The van der Waals surface area contributed by atoms with Gasteiger partial charge in [-0.25, -0.2) is 0 Å². The summed E-state index contributed by atoms with van der Waals surface area (Å²) in [6.45, 7) is 10.1. The number of carbonyl (C=O) groups excluding carboxylic acids is 1. The normalized spacial score (nSPS) is 12.6. The summed E-state index contributed by atoms with van der Waals surface area (Å²) in [5, 5.41) is 0. The number of unbranched alkanes of at least 4 members (excludes halogenated alkanes) is 1. The standard InChI is InChI=1S/C12H22O2Si/c1-11(14-12(2)13)9-7-6-8-10-15(3,4)5/h11H,6-7,9H2,1-5H3/t11-/m1/s1. The number of hydrogen-bond donors (Lipinski definition) is 0. The molecular formula is C12H22O2Si. The predicted octanol–water partition coefficient (Wildman–Crippen LogP) is 2.99. The molecule has 0 bridgehead atoms.